The van der Waals surface area contributed by atoms with Crippen molar-refractivity contribution in [2.24, 2.45) is 4.99 Å². The van der Waals surface area contributed by atoms with E-state index in [1.54, 1.807) is 19.2 Å². The molecule has 0 amide bonds. The summed E-state index contributed by atoms with van der Waals surface area (Å²) in [5.41, 5.74) is -0.262. The molecule has 0 unspecified atom stereocenters. The molecular weight excluding hydrogens is 539 g/mol. The average Bonchev–Trinajstić information content (AvgIpc) is 2.65. The van der Waals surface area contributed by atoms with Gasteiger partial charge in [-0.15, -0.1) is 24.0 Å². The molecular formula is C18H27Cl3IN3O3. The van der Waals surface area contributed by atoms with Crippen molar-refractivity contribution in [1.82, 2.24) is 10.6 Å². The molecule has 0 saturated carbocycles. The average molecular weight is 567 g/mol. The second-order valence-electron chi connectivity index (χ2n) is 6.17. The number of rotatable bonds is 8. The summed E-state index contributed by atoms with van der Waals surface area (Å²) in [6.07, 6.45) is 1.67. The second kappa shape index (κ2) is 13.2. The first-order valence-corrected chi connectivity index (χ1v) is 10.1. The fourth-order valence-corrected chi connectivity index (χ4v) is 3.65. The zero-order valence-corrected chi connectivity index (χ0v) is 20.6. The van der Waals surface area contributed by atoms with Crippen LogP contribution < -0.4 is 15.4 Å². The Balaban J connectivity index is 0.00000392. The Kier molecular flexibility index (Phi) is 12.2. The molecule has 1 aromatic rings. The SMILES string of the molecule is CCNC(=NCC1(OC)CCOCC1)NCCOc1c(Cl)cc(Cl)cc1Cl.I. The molecule has 10 heteroatoms. The van der Waals surface area contributed by atoms with Gasteiger partial charge in [0.05, 0.1) is 28.7 Å². The molecule has 0 aromatic heterocycles. The van der Waals surface area contributed by atoms with Crippen LogP contribution in [0.3, 0.4) is 0 Å². The van der Waals surface area contributed by atoms with E-state index in [2.05, 4.69) is 15.6 Å². The van der Waals surface area contributed by atoms with E-state index in [0.29, 0.717) is 59.7 Å². The third-order valence-electron chi connectivity index (χ3n) is 4.31. The molecule has 0 spiro atoms. The molecule has 2 rings (SSSR count). The Labute approximate surface area is 198 Å². The summed E-state index contributed by atoms with van der Waals surface area (Å²) in [5.74, 6) is 1.13. The predicted octanol–water partition coefficient (Wildman–Crippen LogP) is 4.39. The molecule has 160 valence electrons. The Morgan fingerprint density at radius 1 is 1.18 bits per heavy atom. The van der Waals surface area contributed by atoms with Crippen LogP contribution >= 0.6 is 58.8 Å². The van der Waals surface area contributed by atoms with E-state index >= 15 is 0 Å². The molecule has 6 nitrogen and oxygen atoms in total. The van der Waals surface area contributed by atoms with Gasteiger partial charge in [0.2, 0.25) is 0 Å². The highest BCUT2D eigenvalue weighted by Crippen LogP contribution is 2.35. The Bertz CT molecular complexity index is 621. The van der Waals surface area contributed by atoms with Crippen LogP contribution in [-0.4, -0.2) is 58.1 Å². The second-order valence-corrected chi connectivity index (χ2v) is 7.42. The lowest BCUT2D eigenvalue weighted by atomic mass is 9.94. The van der Waals surface area contributed by atoms with Crippen LogP contribution in [-0.2, 0) is 9.47 Å². The van der Waals surface area contributed by atoms with Gasteiger partial charge in [0, 0.05) is 44.7 Å². The van der Waals surface area contributed by atoms with Gasteiger partial charge in [0.25, 0.3) is 0 Å². The van der Waals surface area contributed by atoms with Crippen molar-refractivity contribution in [3.63, 3.8) is 0 Å². The molecule has 1 fully saturated rings. The molecule has 0 aliphatic carbocycles. The van der Waals surface area contributed by atoms with Crippen LogP contribution in [0.5, 0.6) is 5.75 Å². The van der Waals surface area contributed by atoms with Crippen LogP contribution in [0.1, 0.15) is 19.8 Å². The van der Waals surface area contributed by atoms with Crippen molar-refractivity contribution >= 4 is 64.7 Å². The number of guanidine groups is 1. The standard InChI is InChI=1S/C18H26Cl3N3O3.HI/c1-3-22-17(24-12-18(25-2)4-7-26-8-5-18)23-6-9-27-16-14(20)10-13(19)11-15(16)21;/h10-11H,3-9,12H2,1-2H3,(H2,22,23,24);1H. The summed E-state index contributed by atoms with van der Waals surface area (Å²) in [6.45, 7) is 5.64. The summed E-state index contributed by atoms with van der Waals surface area (Å²) < 4.78 is 16.8. The summed E-state index contributed by atoms with van der Waals surface area (Å²) >= 11 is 18.1. The normalized spacial score (nSPS) is 16.2. The molecule has 2 N–H and O–H groups in total. The molecule has 0 radical (unpaired) electrons. The number of halogens is 4. The maximum Gasteiger partial charge on any atom is 0.191 e. The molecule has 28 heavy (non-hydrogen) atoms. The van der Waals surface area contributed by atoms with Crippen LogP contribution in [0.15, 0.2) is 17.1 Å². The van der Waals surface area contributed by atoms with Crippen molar-refractivity contribution in [3.8, 4) is 5.75 Å². The fraction of sp³-hybridized carbons (Fsp3) is 0.611. The largest absolute Gasteiger partial charge is 0.489 e. The molecule has 1 aromatic carbocycles. The Hall–Kier alpha value is -0.190. The molecule has 1 heterocycles. The van der Waals surface area contributed by atoms with Crippen molar-refractivity contribution in [1.29, 1.82) is 0 Å². The lowest BCUT2D eigenvalue weighted by molar-refractivity contribution is -0.0828. The van der Waals surface area contributed by atoms with E-state index in [1.807, 2.05) is 6.92 Å². The zero-order chi connectivity index (χ0) is 19.7. The third-order valence-corrected chi connectivity index (χ3v) is 5.09. The third kappa shape index (κ3) is 7.91. The van der Waals surface area contributed by atoms with Crippen molar-refractivity contribution in [2.75, 3.05) is 46.6 Å². The molecule has 0 atom stereocenters. The van der Waals surface area contributed by atoms with Crippen molar-refractivity contribution < 1.29 is 14.2 Å². The molecule has 1 aliphatic rings. The molecule has 1 saturated heterocycles. The van der Waals surface area contributed by atoms with Crippen LogP contribution in [0.4, 0.5) is 0 Å². The van der Waals surface area contributed by atoms with Crippen LogP contribution in [0.2, 0.25) is 15.1 Å². The van der Waals surface area contributed by atoms with E-state index in [9.17, 15) is 0 Å². The van der Waals surface area contributed by atoms with Crippen LogP contribution in [0.25, 0.3) is 0 Å². The minimum Gasteiger partial charge on any atom is -0.489 e. The minimum absolute atomic E-state index is 0. The maximum absolute atomic E-state index is 6.12. The zero-order valence-electron chi connectivity index (χ0n) is 16.0. The molecule has 1 aliphatic heterocycles. The fourth-order valence-electron chi connectivity index (χ4n) is 2.72. The van der Waals surface area contributed by atoms with Crippen molar-refractivity contribution in [2.45, 2.75) is 25.4 Å². The maximum atomic E-state index is 6.12. The monoisotopic (exact) mass is 565 g/mol. The van der Waals surface area contributed by atoms with Gasteiger partial charge in [-0.1, -0.05) is 34.8 Å². The summed E-state index contributed by atoms with van der Waals surface area (Å²) in [5, 5.41) is 7.69. The first-order valence-electron chi connectivity index (χ1n) is 8.92. The quantitative estimate of drug-likeness (QED) is 0.212. The number of benzene rings is 1. The lowest BCUT2D eigenvalue weighted by Crippen LogP contribution is -2.44. The van der Waals surface area contributed by atoms with Crippen LogP contribution in [0, 0.1) is 0 Å². The Morgan fingerprint density at radius 3 is 2.39 bits per heavy atom. The molecule has 0 bridgehead atoms. The predicted molar refractivity (Wildman–Crippen MR) is 126 cm³/mol. The first-order chi connectivity index (χ1) is 13.0. The highest BCUT2D eigenvalue weighted by Gasteiger charge is 2.32. The first kappa shape index (κ1) is 25.8. The van der Waals surface area contributed by atoms with Gasteiger partial charge < -0.3 is 24.8 Å². The Morgan fingerprint density at radius 2 is 1.82 bits per heavy atom. The summed E-state index contributed by atoms with van der Waals surface area (Å²) in [7, 11) is 1.73. The van der Waals surface area contributed by atoms with Gasteiger partial charge >= 0.3 is 0 Å². The van der Waals surface area contributed by atoms with E-state index in [-0.39, 0.29) is 29.6 Å². The van der Waals surface area contributed by atoms with Gasteiger partial charge in [0.15, 0.2) is 11.7 Å². The highest BCUT2D eigenvalue weighted by atomic mass is 127. The van der Waals surface area contributed by atoms with Gasteiger partial charge in [-0.3, -0.25) is 4.99 Å². The van der Waals surface area contributed by atoms with Gasteiger partial charge in [-0.25, -0.2) is 0 Å². The van der Waals surface area contributed by atoms with Gasteiger partial charge in [-0.05, 0) is 19.1 Å². The van der Waals surface area contributed by atoms with E-state index in [1.165, 1.54) is 0 Å². The summed E-state index contributed by atoms with van der Waals surface area (Å²) in [4.78, 5) is 4.66. The van der Waals surface area contributed by atoms with Crippen molar-refractivity contribution in [3.05, 3.63) is 27.2 Å². The number of nitrogens with one attached hydrogen (secondary N) is 2. The number of hydrogen-bond donors (Lipinski definition) is 2. The summed E-state index contributed by atoms with van der Waals surface area (Å²) in [6, 6.07) is 3.20. The minimum atomic E-state index is -0.262. The van der Waals surface area contributed by atoms with E-state index in [0.717, 1.165) is 19.4 Å². The number of nitrogens with zero attached hydrogens (tertiary/aromatic N) is 1. The van der Waals surface area contributed by atoms with Gasteiger partial charge in [-0.2, -0.15) is 0 Å². The topological polar surface area (TPSA) is 64.1 Å². The number of ether oxygens (including phenoxy) is 3. The van der Waals surface area contributed by atoms with Gasteiger partial charge in [0.1, 0.15) is 6.61 Å². The number of aliphatic imine (C=N–C) groups is 1. The smallest absolute Gasteiger partial charge is 0.191 e. The highest BCUT2D eigenvalue weighted by molar-refractivity contribution is 14.0. The number of methoxy groups -OCH3 is 1. The van der Waals surface area contributed by atoms with E-state index < -0.39 is 0 Å². The lowest BCUT2D eigenvalue weighted by Gasteiger charge is -2.34. The van der Waals surface area contributed by atoms with E-state index in [4.69, 9.17) is 49.0 Å². The number of hydrogen-bond acceptors (Lipinski definition) is 4.